The van der Waals surface area contributed by atoms with Gasteiger partial charge in [-0.05, 0) is 36.6 Å². The van der Waals surface area contributed by atoms with E-state index in [0.29, 0.717) is 11.4 Å². The van der Waals surface area contributed by atoms with E-state index in [-0.39, 0.29) is 11.8 Å². The highest BCUT2D eigenvalue weighted by atomic mass is 16.2. The van der Waals surface area contributed by atoms with Gasteiger partial charge < -0.3 is 16.0 Å². The van der Waals surface area contributed by atoms with Crippen LogP contribution in [0.3, 0.4) is 0 Å². The molecule has 1 aliphatic heterocycles. The lowest BCUT2D eigenvalue weighted by atomic mass is 9.98. The van der Waals surface area contributed by atoms with E-state index in [1.165, 1.54) is 0 Å². The summed E-state index contributed by atoms with van der Waals surface area (Å²) in [6.07, 6.45) is -0.996. The number of carbonyl (C=O) groups excluding carboxylic acids is 2. The normalized spacial score (nSPS) is 16.2. The van der Waals surface area contributed by atoms with E-state index in [2.05, 4.69) is 20.9 Å². The summed E-state index contributed by atoms with van der Waals surface area (Å²) in [6.45, 7) is 5.96. The fraction of sp³-hybridized carbons (Fsp3) is 0.250. The average molecular weight is 350 g/mol. The van der Waals surface area contributed by atoms with Crippen LogP contribution in [0.4, 0.5) is 16.2 Å². The zero-order chi connectivity index (χ0) is 18.7. The van der Waals surface area contributed by atoms with Crippen molar-refractivity contribution in [3.8, 4) is 0 Å². The van der Waals surface area contributed by atoms with Crippen LogP contribution in [0.25, 0.3) is 0 Å². The van der Waals surface area contributed by atoms with Crippen LogP contribution in [-0.2, 0) is 4.79 Å². The highest BCUT2D eigenvalue weighted by Gasteiger charge is 2.27. The van der Waals surface area contributed by atoms with Gasteiger partial charge in [-0.1, -0.05) is 44.2 Å². The van der Waals surface area contributed by atoms with Crippen molar-refractivity contribution >= 4 is 29.0 Å². The molecule has 0 bridgehead atoms. The monoisotopic (exact) mass is 350 g/mol. The summed E-state index contributed by atoms with van der Waals surface area (Å²) in [4.78, 5) is 29.4. The van der Waals surface area contributed by atoms with Crippen molar-refractivity contribution in [2.24, 2.45) is 10.9 Å². The van der Waals surface area contributed by atoms with E-state index in [1.807, 2.05) is 63.2 Å². The Hall–Kier alpha value is -3.15. The Morgan fingerprint density at radius 3 is 2.65 bits per heavy atom. The number of hydrogen-bond acceptors (Lipinski definition) is 3. The van der Waals surface area contributed by atoms with Gasteiger partial charge in [0.1, 0.15) is 0 Å². The largest absolute Gasteiger partial charge is 0.322 e. The van der Waals surface area contributed by atoms with Crippen LogP contribution in [-0.4, -0.2) is 23.8 Å². The fourth-order valence-corrected chi connectivity index (χ4v) is 2.86. The van der Waals surface area contributed by atoms with Crippen LogP contribution in [0, 0.1) is 12.8 Å². The van der Waals surface area contributed by atoms with Gasteiger partial charge in [-0.2, -0.15) is 0 Å². The van der Waals surface area contributed by atoms with Crippen LogP contribution in [0.15, 0.2) is 53.5 Å². The molecule has 0 fully saturated rings. The predicted molar refractivity (Wildman–Crippen MR) is 104 cm³/mol. The molecule has 134 valence electrons. The van der Waals surface area contributed by atoms with Gasteiger partial charge in [-0.3, -0.25) is 9.79 Å². The molecule has 0 aliphatic carbocycles. The predicted octanol–water partition coefficient (Wildman–Crippen LogP) is 3.54. The van der Waals surface area contributed by atoms with Gasteiger partial charge in [0.25, 0.3) is 5.91 Å². The van der Waals surface area contributed by atoms with Crippen LogP contribution < -0.4 is 16.0 Å². The lowest BCUT2D eigenvalue weighted by Crippen LogP contribution is -2.44. The Kier molecular flexibility index (Phi) is 5.02. The molecule has 0 aromatic heterocycles. The molecule has 0 spiro atoms. The van der Waals surface area contributed by atoms with Gasteiger partial charge in [-0.15, -0.1) is 0 Å². The van der Waals surface area contributed by atoms with Crippen molar-refractivity contribution < 1.29 is 9.59 Å². The lowest BCUT2D eigenvalue weighted by molar-refractivity contribution is -0.117. The molecule has 2 aromatic rings. The molecule has 1 heterocycles. The van der Waals surface area contributed by atoms with Gasteiger partial charge in [-0.25, -0.2) is 4.79 Å². The van der Waals surface area contributed by atoms with E-state index >= 15 is 0 Å². The van der Waals surface area contributed by atoms with E-state index in [4.69, 9.17) is 0 Å². The molecule has 3 N–H and O–H groups in total. The lowest BCUT2D eigenvalue weighted by Gasteiger charge is -2.15. The number of hydrogen-bond donors (Lipinski definition) is 3. The average Bonchev–Trinajstić information content (AvgIpc) is 2.72. The Balaban J connectivity index is 1.82. The van der Waals surface area contributed by atoms with E-state index < -0.39 is 12.2 Å². The van der Waals surface area contributed by atoms with Crippen molar-refractivity contribution in [3.05, 3.63) is 59.7 Å². The summed E-state index contributed by atoms with van der Waals surface area (Å²) in [5.41, 5.74) is 4.05. The number of nitrogens with zero attached hydrogens (tertiary/aromatic N) is 1. The molecule has 6 heteroatoms. The summed E-state index contributed by atoms with van der Waals surface area (Å²) in [5, 5.41) is 8.22. The number of para-hydroxylation sites is 1. The molecule has 0 radical (unpaired) electrons. The number of anilines is 2. The Labute approximate surface area is 152 Å². The maximum Gasteiger partial charge on any atom is 0.321 e. The number of nitrogens with one attached hydrogen (secondary N) is 3. The number of urea groups is 1. The summed E-state index contributed by atoms with van der Waals surface area (Å²) in [6, 6.07) is 14.5. The minimum absolute atomic E-state index is 0.105. The first-order valence-corrected chi connectivity index (χ1v) is 8.56. The van der Waals surface area contributed by atoms with Crippen molar-refractivity contribution in [2.75, 3.05) is 10.6 Å². The fourth-order valence-electron chi connectivity index (χ4n) is 2.86. The van der Waals surface area contributed by atoms with Gasteiger partial charge in [0, 0.05) is 22.6 Å². The highest BCUT2D eigenvalue weighted by molar-refractivity contribution is 6.13. The maximum atomic E-state index is 12.5. The number of aryl methyl sites for hydroxylation is 1. The third-order valence-electron chi connectivity index (χ3n) is 4.07. The summed E-state index contributed by atoms with van der Waals surface area (Å²) in [5.74, 6) is -0.263. The molecule has 0 saturated heterocycles. The van der Waals surface area contributed by atoms with Crippen molar-refractivity contribution in [2.45, 2.75) is 26.9 Å². The van der Waals surface area contributed by atoms with Crippen molar-refractivity contribution in [1.29, 1.82) is 0 Å². The molecular formula is C20H22N4O2. The highest BCUT2D eigenvalue weighted by Crippen LogP contribution is 2.23. The topological polar surface area (TPSA) is 82.6 Å². The molecular weight excluding hydrogens is 328 g/mol. The number of benzene rings is 2. The molecule has 1 atom stereocenters. The molecule has 2 aromatic carbocycles. The van der Waals surface area contributed by atoms with E-state index in [9.17, 15) is 9.59 Å². The second-order valence-corrected chi connectivity index (χ2v) is 6.57. The van der Waals surface area contributed by atoms with Crippen LogP contribution in [0.1, 0.15) is 25.0 Å². The van der Waals surface area contributed by atoms with E-state index in [1.54, 1.807) is 6.07 Å². The van der Waals surface area contributed by atoms with Gasteiger partial charge in [0.15, 0.2) is 0 Å². The smallest absolute Gasteiger partial charge is 0.321 e. The third-order valence-corrected chi connectivity index (χ3v) is 4.07. The van der Waals surface area contributed by atoms with E-state index in [0.717, 1.165) is 16.8 Å². The molecule has 0 saturated carbocycles. The summed E-state index contributed by atoms with van der Waals surface area (Å²) >= 11 is 0. The first kappa shape index (κ1) is 17.7. The molecule has 1 unspecified atom stereocenters. The summed E-state index contributed by atoms with van der Waals surface area (Å²) in [7, 11) is 0. The molecule has 26 heavy (non-hydrogen) atoms. The number of rotatable bonds is 3. The Morgan fingerprint density at radius 2 is 1.92 bits per heavy atom. The number of benzodiazepines with no additional fused rings is 1. The van der Waals surface area contributed by atoms with Gasteiger partial charge in [0.05, 0.1) is 0 Å². The van der Waals surface area contributed by atoms with Gasteiger partial charge in [0.2, 0.25) is 6.17 Å². The zero-order valence-electron chi connectivity index (χ0n) is 15.0. The third kappa shape index (κ3) is 3.91. The Bertz CT molecular complexity index is 874. The van der Waals surface area contributed by atoms with Crippen LogP contribution in [0.5, 0.6) is 0 Å². The first-order chi connectivity index (χ1) is 12.4. The molecule has 1 aliphatic rings. The number of carbonyl (C=O) groups is 2. The molecule has 6 nitrogen and oxygen atoms in total. The van der Waals surface area contributed by atoms with Crippen molar-refractivity contribution in [1.82, 2.24) is 5.32 Å². The van der Waals surface area contributed by atoms with Crippen LogP contribution in [0.2, 0.25) is 0 Å². The standard InChI is InChI=1S/C20H22N4O2/c1-12(2)17-15-9-4-5-10-16(15)22-19(25)18(23-17)24-20(26)21-14-8-6-7-13(3)11-14/h4-12,18H,1-3H3,(H,22,25)(H2,21,24,26). The second-order valence-electron chi connectivity index (χ2n) is 6.57. The minimum Gasteiger partial charge on any atom is -0.322 e. The first-order valence-electron chi connectivity index (χ1n) is 8.56. The SMILES string of the molecule is Cc1cccc(NC(=O)NC2N=C(C(C)C)c3ccccc3NC2=O)c1. The molecule has 3 rings (SSSR count). The van der Waals surface area contributed by atoms with Crippen molar-refractivity contribution in [3.63, 3.8) is 0 Å². The zero-order valence-corrected chi connectivity index (χ0v) is 15.0. The number of aliphatic imine (C=N–C) groups is 1. The number of fused-ring (bicyclic) bond motifs is 1. The molecule has 3 amide bonds. The second kappa shape index (κ2) is 7.39. The maximum absolute atomic E-state index is 12.5. The quantitative estimate of drug-likeness (QED) is 0.791. The minimum atomic E-state index is -0.996. The summed E-state index contributed by atoms with van der Waals surface area (Å²) < 4.78 is 0. The van der Waals surface area contributed by atoms with Crippen LogP contribution >= 0.6 is 0 Å². The van der Waals surface area contributed by atoms with Gasteiger partial charge >= 0.3 is 6.03 Å². The number of amides is 3. The Morgan fingerprint density at radius 1 is 1.15 bits per heavy atom.